The molecule has 0 bridgehead atoms. The van der Waals surface area contributed by atoms with Gasteiger partial charge in [0.25, 0.3) is 0 Å². The minimum Gasteiger partial charge on any atom is -0.493 e. The molecule has 1 atom stereocenters. The fraction of sp³-hybridized carbons (Fsp3) is 0.267. The van der Waals surface area contributed by atoms with E-state index in [1.807, 2.05) is 24.3 Å². The number of halogens is 1. The fourth-order valence-corrected chi connectivity index (χ4v) is 2.65. The Kier molecular flexibility index (Phi) is 3.87. The Bertz CT molecular complexity index is 601. The summed E-state index contributed by atoms with van der Waals surface area (Å²) in [5.41, 5.74) is 5.88. The van der Waals surface area contributed by atoms with Gasteiger partial charge in [-0.2, -0.15) is 0 Å². The molecular weight excluding hydrogens is 274 g/mol. The van der Waals surface area contributed by atoms with E-state index in [0.717, 1.165) is 36.5 Å². The largest absolute Gasteiger partial charge is 0.493 e. The molecule has 20 heavy (non-hydrogen) atoms. The smallest absolute Gasteiger partial charge is 0.127 e. The number of nitrogens with one attached hydrogen (secondary N) is 1. The molecule has 0 aliphatic carbocycles. The number of hydrogen-bond acceptors (Lipinski definition) is 4. The van der Waals surface area contributed by atoms with Crippen molar-refractivity contribution in [1.29, 1.82) is 0 Å². The highest BCUT2D eigenvalue weighted by Gasteiger charge is 2.22. The van der Waals surface area contributed by atoms with Crippen LogP contribution in [0.2, 0.25) is 5.02 Å². The number of rotatable bonds is 3. The molecule has 3 rings (SSSR count). The molecule has 1 aromatic carbocycles. The molecule has 0 fully saturated rings. The quantitative estimate of drug-likeness (QED) is 0.673. The van der Waals surface area contributed by atoms with Gasteiger partial charge < -0.3 is 4.74 Å². The highest BCUT2D eigenvalue weighted by molar-refractivity contribution is 6.30. The molecule has 1 aliphatic heterocycles. The molecule has 4 nitrogen and oxygen atoms in total. The molecule has 1 aliphatic rings. The van der Waals surface area contributed by atoms with Gasteiger partial charge in [0.05, 0.1) is 23.4 Å². The maximum atomic E-state index is 5.88. The number of para-hydroxylation sites is 1. The molecule has 3 N–H and O–H groups in total. The highest BCUT2D eigenvalue weighted by atomic mass is 35.5. The summed E-state index contributed by atoms with van der Waals surface area (Å²) >= 11 is 5.88. The van der Waals surface area contributed by atoms with Gasteiger partial charge in [-0.3, -0.25) is 10.8 Å². The zero-order valence-corrected chi connectivity index (χ0v) is 11.7. The third-order valence-electron chi connectivity index (χ3n) is 3.49. The van der Waals surface area contributed by atoms with Gasteiger partial charge >= 0.3 is 0 Å². The average Bonchev–Trinajstić information content (AvgIpc) is 2.50. The molecule has 0 spiro atoms. The van der Waals surface area contributed by atoms with Gasteiger partial charge in [0.1, 0.15) is 5.75 Å². The number of hydrogen-bond donors (Lipinski definition) is 2. The van der Waals surface area contributed by atoms with Crippen molar-refractivity contribution in [1.82, 2.24) is 10.4 Å². The van der Waals surface area contributed by atoms with Crippen molar-refractivity contribution in [2.24, 2.45) is 5.84 Å². The summed E-state index contributed by atoms with van der Waals surface area (Å²) in [5.74, 6) is 6.66. The number of aryl methyl sites for hydroxylation is 1. The van der Waals surface area contributed by atoms with E-state index in [2.05, 4.69) is 16.5 Å². The van der Waals surface area contributed by atoms with Gasteiger partial charge in [-0.15, -0.1) is 0 Å². The predicted molar refractivity (Wildman–Crippen MR) is 78.7 cm³/mol. The van der Waals surface area contributed by atoms with Gasteiger partial charge in [-0.1, -0.05) is 29.8 Å². The van der Waals surface area contributed by atoms with Gasteiger partial charge in [0.15, 0.2) is 0 Å². The minimum absolute atomic E-state index is 0.208. The maximum Gasteiger partial charge on any atom is 0.127 e. The molecule has 2 heterocycles. The molecule has 0 saturated heterocycles. The number of aromatic nitrogens is 1. The number of nitrogens with two attached hydrogens (primary N) is 1. The van der Waals surface area contributed by atoms with E-state index in [4.69, 9.17) is 22.2 Å². The second-order valence-electron chi connectivity index (χ2n) is 4.79. The van der Waals surface area contributed by atoms with Crippen LogP contribution in [-0.4, -0.2) is 11.6 Å². The number of benzene rings is 1. The van der Waals surface area contributed by atoms with Gasteiger partial charge in [-0.25, -0.2) is 5.43 Å². The summed E-state index contributed by atoms with van der Waals surface area (Å²) in [6.07, 6.45) is 3.71. The van der Waals surface area contributed by atoms with E-state index >= 15 is 0 Å². The molecule has 1 aromatic heterocycles. The van der Waals surface area contributed by atoms with E-state index in [1.165, 1.54) is 5.56 Å². The molecule has 5 heteroatoms. The Balaban J connectivity index is 2.03. The highest BCUT2D eigenvalue weighted by Crippen LogP contribution is 2.34. The molecule has 0 radical (unpaired) electrons. The number of fused-ring (bicyclic) bond motifs is 1. The van der Waals surface area contributed by atoms with Crippen LogP contribution in [0, 0.1) is 0 Å². The van der Waals surface area contributed by atoms with Crippen LogP contribution in [0.25, 0.3) is 0 Å². The van der Waals surface area contributed by atoms with Crippen LogP contribution in [0.3, 0.4) is 0 Å². The lowest BCUT2D eigenvalue weighted by Gasteiger charge is -2.24. The summed E-state index contributed by atoms with van der Waals surface area (Å²) in [6, 6.07) is 9.62. The van der Waals surface area contributed by atoms with Gasteiger partial charge in [0, 0.05) is 11.8 Å². The number of ether oxygens (including phenoxy) is 1. The lowest BCUT2D eigenvalue weighted by Crippen LogP contribution is -2.30. The van der Waals surface area contributed by atoms with Crippen molar-refractivity contribution in [2.75, 3.05) is 6.61 Å². The second-order valence-corrected chi connectivity index (χ2v) is 5.22. The second kappa shape index (κ2) is 5.79. The van der Waals surface area contributed by atoms with Crippen LogP contribution >= 0.6 is 11.6 Å². The first-order chi connectivity index (χ1) is 9.79. The monoisotopic (exact) mass is 289 g/mol. The van der Waals surface area contributed by atoms with Crippen molar-refractivity contribution in [2.45, 2.75) is 18.9 Å². The fourth-order valence-electron chi connectivity index (χ4n) is 2.53. The lowest BCUT2D eigenvalue weighted by atomic mass is 9.96. The topological polar surface area (TPSA) is 60.2 Å². The first-order valence-electron chi connectivity index (χ1n) is 6.62. The molecule has 1 unspecified atom stereocenters. The van der Waals surface area contributed by atoms with Crippen molar-refractivity contribution in [3.05, 3.63) is 58.4 Å². The van der Waals surface area contributed by atoms with E-state index in [-0.39, 0.29) is 6.04 Å². The van der Waals surface area contributed by atoms with E-state index in [0.29, 0.717) is 5.02 Å². The summed E-state index contributed by atoms with van der Waals surface area (Å²) in [7, 11) is 0. The SMILES string of the molecule is NNC(c1ccc(Cl)cn1)c1cccc2c1OCCC2. The van der Waals surface area contributed by atoms with Crippen LogP contribution < -0.4 is 16.0 Å². The molecule has 2 aromatic rings. The third-order valence-corrected chi connectivity index (χ3v) is 3.71. The summed E-state index contributed by atoms with van der Waals surface area (Å²) < 4.78 is 5.83. The minimum atomic E-state index is -0.208. The zero-order valence-electron chi connectivity index (χ0n) is 11.0. The number of hydrazine groups is 1. The first-order valence-corrected chi connectivity index (χ1v) is 6.99. The zero-order chi connectivity index (χ0) is 13.9. The Morgan fingerprint density at radius 2 is 2.20 bits per heavy atom. The standard InChI is InChI=1S/C15H16ClN3O/c16-11-6-7-13(18-9-11)14(19-17)12-5-1-3-10-4-2-8-20-15(10)12/h1,3,5-7,9,14,19H,2,4,8,17H2. The molecular formula is C15H16ClN3O. The van der Waals surface area contributed by atoms with Crippen LogP contribution in [0.15, 0.2) is 36.5 Å². The summed E-state index contributed by atoms with van der Waals surface area (Å²) in [6.45, 7) is 0.745. The van der Waals surface area contributed by atoms with E-state index < -0.39 is 0 Å². The Morgan fingerprint density at radius 1 is 1.30 bits per heavy atom. The van der Waals surface area contributed by atoms with Crippen LogP contribution in [-0.2, 0) is 6.42 Å². The van der Waals surface area contributed by atoms with Gasteiger partial charge in [0.2, 0.25) is 0 Å². The third kappa shape index (κ3) is 2.50. The molecule has 104 valence electrons. The molecule has 0 amide bonds. The summed E-state index contributed by atoms with van der Waals surface area (Å²) in [5, 5.41) is 0.607. The molecule has 0 saturated carbocycles. The van der Waals surface area contributed by atoms with Crippen molar-refractivity contribution in [3.63, 3.8) is 0 Å². The van der Waals surface area contributed by atoms with Crippen LogP contribution in [0.4, 0.5) is 0 Å². The van der Waals surface area contributed by atoms with Gasteiger partial charge in [-0.05, 0) is 30.5 Å². The van der Waals surface area contributed by atoms with Crippen molar-refractivity contribution in [3.8, 4) is 5.75 Å². The Labute approximate surface area is 122 Å². The lowest BCUT2D eigenvalue weighted by molar-refractivity contribution is 0.283. The number of pyridine rings is 1. The number of nitrogens with zero attached hydrogens (tertiary/aromatic N) is 1. The van der Waals surface area contributed by atoms with Crippen molar-refractivity contribution >= 4 is 11.6 Å². The van der Waals surface area contributed by atoms with Crippen LogP contribution in [0.1, 0.15) is 29.3 Å². The average molecular weight is 290 g/mol. The van der Waals surface area contributed by atoms with E-state index in [1.54, 1.807) is 6.20 Å². The summed E-state index contributed by atoms with van der Waals surface area (Å²) in [4.78, 5) is 4.34. The predicted octanol–water partition coefficient (Wildman–Crippen LogP) is 2.61. The first kappa shape index (κ1) is 13.4. The van der Waals surface area contributed by atoms with Crippen molar-refractivity contribution < 1.29 is 4.74 Å². The van der Waals surface area contributed by atoms with Crippen LogP contribution in [0.5, 0.6) is 5.75 Å². The Hall–Kier alpha value is -1.62. The maximum absolute atomic E-state index is 5.88. The normalized spacial score (nSPS) is 15.3. The Morgan fingerprint density at radius 3 is 2.95 bits per heavy atom. The van der Waals surface area contributed by atoms with E-state index in [9.17, 15) is 0 Å².